The van der Waals surface area contributed by atoms with Gasteiger partial charge in [0.15, 0.2) is 0 Å². The van der Waals surface area contributed by atoms with Crippen LogP contribution in [0.3, 0.4) is 0 Å². The topological polar surface area (TPSA) is 142 Å². The van der Waals surface area contributed by atoms with Crippen LogP contribution in [-0.2, 0) is 16.6 Å². The van der Waals surface area contributed by atoms with Gasteiger partial charge in [-0.2, -0.15) is 4.31 Å². The number of nitrogens with one attached hydrogen (secondary N) is 1. The molecule has 33 heavy (non-hydrogen) atoms. The number of anilines is 1. The van der Waals surface area contributed by atoms with Crippen molar-refractivity contribution < 1.29 is 18.6 Å². The third-order valence-corrected chi connectivity index (χ3v) is 6.28. The first-order valence-corrected chi connectivity index (χ1v) is 12.4. The van der Waals surface area contributed by atoms with Crippen LogP contribution in [0.4, 0.5) is 5.95 Å². The molecule has 0 radical (unpaired) electrons. The van der Waals surface area contributed by atoms with Crippen LogP contribution in [0.15, 0.2) is 60.8 Å². The lowest BCUT2D eigenvalue weighted by molar-refractivity contribution is 0.191. The Morgan fingerprint density at radius 1 is 1.15 bits per heavy atom. The third kappa shape index (κ3) is 7.22. The van der Waals surface area contributed by atoms with Crippen molar-refractivity contribution in [1.29, 1.82) is 0 Å². The fraction of sp³-hybridized carbons (Fsp3) is 0.304. The highest BCUT2D eigenvalue weighted by Crippen LogP contribution is 2.22. The van der Waals surface area contributed by atoms with Gasteiger partial charge in [-0.05, 0) is 48.4 Å². The SMILES string of the molecule is CS(=O)(=O)N(CCCN)Cc1cccc(-c2ccnc(NCC(O)c3cccc(O)c3)n2)c1. The van der Waals surface area contributed by atoms with Crippen LogP contribution in [0.1, 0.15) is 23.7 Å². The number of rotatable bonds is 11. The quantitative estimate of drug-likeness (QED) is 0.333. The second-order valence-electron chi connectivity index (χ2n) is 7.70. The zero-order valence-electron chi connectivity index (χ0n) is 18.4. The summed E-state index contributed by atoms with van der Waals surface area (Å²) in [6.07, 6.45) is 2.55. The Morgan fingerprint density at radius 2 is 1.94 bits per heavy atom. The summed E-state index contributed by atoms with van der Waals surface area (Å²) in [6.45, 7) is 1.20. The van der Waals surface area contributed by atoms with Gasteiger partial charge in [0.05, 0.1) is 18.1 Å². The summed E-state index contributed by atoms with van der Waals surface area (Å²) < 4.78 is 25.6. The fourth-order valence-corrected chi connectivity index (χ4v) is 4.15. The Hall–Kier alpha value is -3.05. The van der Waals surface area contributed by atoms with Gasteiger partial charge in [0, 0.05) is 31.4 Å². The number of nitrogens with two attached hydrogens (primary N) is 1. The summed E-state index contributed by atoms with van der Waals surface area (Å²) in [5, 5.41) is 22.9. The molecular formula is C23H29N5O4S. The number of phenolic OH excluding ortho intramolecular Hbond substituents is 1. The van der Waals surface area contributed by atoms with E-state index >= 15 is 0 Å². The Balaban J connectivity index is 1.72. The molecule has 1 atom stereocenters. The number of nitrogens with zero attached hydrogens (tertiary/aromatic N) is 3. The molecule has 176 valence electrons. The zero-order valence-corrected chi connectivity index (χ0v) is 19.2. The van der Waals surface area contributed by atoms with Gasteiger partial charge in [-0.1, -0.05) is 30.3 Å². The highest BCUT2D eigenvalue weighted by molar-refractivity contribution is 7.88. The molecule has 0 aliphatic rings. The zero-order chi connectivity index (χ0) is 23.8. The first kappa shape index (κ1) is 24.6. The minimum atomic E-state index is -3.36. The molecule has 1 aromatic heterocycles. The second-order valence-corrected chi connectivity index (χ2v) is 9.68. The minimum absolute atomic E-state index is 0.0853. The Bertz CT molecular complexity index is 1170. The smallest absolute Gasteiger partial charge is 0.223 e. The molecule has 2 aromatic carbocycles. The molecule has 0 spiro atoms. The number of aromatic nitrogens is 2. The van der Waals surface area contributed by atoms with E-state index in [4.69, 9.17) is 5.73 Å². The lowest BCUT2D eigenvalue weighted by Gasteiger charge is -2.20. The van der Waals surface area contributed by atoms with Gasteiger partial charge < -0.3 is 21.3 Å². The van der Waals surface area contributed by atoms with Crippen LogP contribution < -0.4 is 11.1 Å². The van der Waals surface area contributed by atoms with Gasteiger partial charge in [-0.15, -0.1) is 0 Å². The number of aliphatic hydroxyl groups excluding tert-OH is 1. The van der Waals surface area contributed by atoms with Crippen molar-refractivity contribution in [3.8, 4) is 17.0 Å². The second kappa shape index (κ2) is 11.2. The van der Waals surface area contributed by atoms with Crippen LogP contribution in [0.2, 0.25) is 0 Å². The average molecular weight is 472 g/mol. The molecule has 0 aliphatic heterocycles. The number of hydrogen-bond donors (Lipinski definition) is 4. The summed E-state index contributed by atoms with van der Waals surface area (Å²) in [6, 6.07) is 15.7. The number of aromatic hydroxyl groups is 1. The molecule has 0 saturated carbocycles. The summed E-state index contributed by atoms with van der Waals surface area (Å²) >= 11 is 0. The van der Waals surface area contributed by atoms with E-state index in [9.17, 15) is 18.6 Å². The molecule has 1 unspecified atom stereocenters. The van der Waals surface area contributed by atoms with E-state index in [1.807, 2.05) is 24.3 Å². The molecule has 9 nitrogen and oxygen atoms in total. The molecule has 1 heterocycles. The monoisotopic (exact) mass is 471 g/mol. The largest absolute Gasteiger partial charge is 0.508 e. The molecule has 0 fully saturated rings. The number of benzene rings is 2. The van der Waals surface area contributed by atoms with Gasteiger partial charge in [-0.3, -0.25) is 0 Å². The number of aliphatic hydroxyl groups is 1. The van der Waals surface area contributed by atoms with E-state index in [0.29, 0.717) is 36.7 Å². The van der Waals surface area contributed by atoms with Crippen LogP contribution in [0.25, 0.3) is 11.3 Å². The molecule has 0 saturated heterocycles. The van der Waals surface area contributed by atoms with Gasteiger partial charge in [0.1, 0.15) is 5.75 Å². The van der Waals surface area contributed by atoms with Crippen LogP contribution in [-0.4, -0.2) is 58.8 Å². The summed E-state index contributed by atoms with van der Waals surface area (Å²) in [4.78, 5) is 8.72. The molecule has 10 heteroatoms. The summed E-state index contributed by atoms with van der Waals surface area (Å²) in [5.74, 6) is 0.431. The van der Waals surface area contributed by atoms with Crippen molar-refractivity contribution in [1.82, 2.24) is 14.3 Å². The molecule has 5 N–H and O–H groups in total. The van der Waals surface area contributed by atoms with E-state index in [1.54, 1.807) is 24.4 Å². The third-order valence-electron chi connectivity index (χ3n) is 5.03. The first-order valence-electron chi connectivity index (χ1n) is 10.5. The predicted molar refractivity (Wildman–Crippen MR) is 128 cm³/mol. The van der Waals surface area contributed by atoms with Gasteiger partial charge in [0.25, 0.3) is 0 Å². The summed E-state index contributed by atoms with van der Waals surface area (Å²) in [7, 11) is -3.36. The fourth-order valence-electron chi connectivity index (χ4n) is 3.30. The van der Waals surface area contributed by atoms with Crippen LogP contribution in [0.5, 0.6) is 5.75 Å². The van der Waals surface area contributed by atoms with Gasteiger partial charge >= 0.3 is 0 Å². The highest BCUT2D eigenvalue weighted by atomic mass is 32.2. The van der Waals surface area contributed by atoms with Crippen LogP contribution >= 0.6 is 0 Å². The maximum atomic E-state index is 12.1. The normalized spacial score (nSPS) is 12.6. The first-order chi connectivity index (χ1) is 15.8. The highest BCUT2D eigenvalue weighted by Gasteiger charge is 2.17. The maximum absolute atomic E-state index is 12.1. The van der Waals surface area contributed by atoms with Crippen molar-refractivity contribution >= 4 is 16.0 Å². The van der Waals surface area contributed by atoms with Crippen LogP contribution in [0, 0.1) is 0 Å². The van der Waals surface area contributed by atoms with E-state index in [-0.39, 0.29) is 18.8 Å². The summed E-state index contributed by atoms with van der Waals surface area (Å²) in [5.41, 5.74) is 8.44. The lowest BCUT2D eigenvalue weighted by Crippen LogP contribution is -2.31. The maximum Gasteiger partial charge on any atom is 0.223 e. The molecule has 3 rings (SSSR count). The molecule has 0 bridgehead atoms. The van der Waals surface area contributed by atoms with Crippen molar-refractivity contribution in [2.75, 3.05) is 31.2 Å². The van der Waals surface area contributed by atoms with E-state index in [2.05, 4.69) is 15.3 Å². The van der Waals surface area contributed by atoms with E-state index < -0.39 is 16.1 Å². The number of hydrogen-bond acceptors (Lipinski definition) is 8. The Morgan fingerprint density at radius 3 is 2.67 bits per heavy atom. The van der Waals surface area contributed by atoms with Gasteiger partial charge in [-0.25, -0.2) is 18.4 Å². The van der Waals surface area contributed by atoms with Crippen molar-refractivity contribution in [3.05, 3.63) is 71.9 Å². The van der Waals surface area contributed by atoms with Crippen molar-refractivity contribution in [2.24, 2.45) is 5.73 Å². The number of sulfonamides is 1. The Kier molecular flexibility index (Phi) is 8.34. The lowest BCUT2D eigenvalue weighted by atomic mass is 10.1. The van der Waals surface area contributed by atoms with Crippen molar-refractivity contribution in [2.45, 2.75) is 19.1 Å². The van der Waals surface area contributed by atoms with E-state index in [0.717, 1.165) is 11.1 Å². The Labute approximate surface area is 194 Å². The molecule has 3 aromatic rings. The standard InChI is InChI=1S/C23H29N5O4S/c1-33(31,32)28(12-4-10-24)16-17-5-2-6-18(13-17)21-9-11-25-23(27-21)26-15-22(30)19-7-3-8-20(29)14-19/h2-3,5-9,11,13-14,22,29-30H,4,10,12,15-16,24H2,1H3,(H,25,26,27). The number of phenols is 1. The minimum Gasteiger partial charge on any atom is -0.508 e. The molecular weight excluding hydrogens is 442 g/mol. The van der Waals surface area contributed by atoms with Gasteiger partial charge in [0.2, 0.25) is 16.0 Å². The van der Waals surface area contributed by atoms with Crippen molar-refractivity contribution in [3.63, 3.8) is 0 Å². The average Bonchev–Trinajstić information content (AvgIpc) is 2.80. The predicted octanol–water partition coefficient (Wildman–Crippen LogP) is 2.11. The molecule has 0 aliphatic carbocycles. The van der Waals surface area contributed by atoms with E-state index in [1.165, 1.54) is 22.7 Å². The molecule has 0 amide bonds.